The van der Waals surface area contributed by atoms with Gasteiger partial charge in [-0.05, 0) is 25.1 Å². The Balaban J connectivity index is 2.02. The van der Waals surface area contributed by atoms with Gasteiger partial charge in [0, 0.05) is 28.9 Å². The van der Waals surface area contributed by atoms with E-state index in [0.717, 1.165) is 24.4 Å². The molecule has 6 nitrogen and oxygen atoms in total. The third kappa shape index (κ3) is 3.25. The number of aromatic amines is 2. The van der Waals surface area contributed by atoms with Crippen molar-refractivity contribution in [3.63, 3.8) is 0 Å². The maximum Gasteiger partial charge on any atom is 0.416 e. The molecule has 0 fully saturated rings. The van der Waals surface area contributed by atoms with Crippen LogP contribution in [0.4, 0.5) is 18.9 Å². The number of nitrogens with one attached hydrogen (secondary N) is 3. The monoisotopic (exact) mass is 371 g/mol. The highest BCUT2D eigenvalue weighted by Crippen LogP contribution is 2.33. The molecule has 132 valence electrons. The summed E-state index contributed by atoms with van der Waals surface area (Å²) in [7, 11) is -4.06. The highest BCUT2D eigenvalue weighted by molar-refractivity contribution is 7.93. The van der Waals surface area contributed by atoms with Gasteiger partial charge in [0.1, 0.15) is 4.90 Å². The maximum atomic E-state index is 12.7. The SMILES string of the molecule is Cc1cc(NS(=O)(=O)c2c[nH]c3cc(C(F)(F)F)ccc23)c[nH]c1=O. The number of fused-ring (bicyclic) bond motifs is 1. The lowest BCUT2D eigenvalue weighted by atomic mass is 10.1. The fraction of sp³-hybridized carbons (Fsp3) is 0.133. The predicted molar refractivity (Wildman–Crippen MR) is 85.9 cm³/mol. The van der Waals surface area contributed by atoms with Crippen LogP contribution in [0, 0.1) is 6.92 Å². The Bertz CT molecular complexity index is 1110. The first-order valence-electron chi connectivity index (χ1n) is 6.98. The smallest absolute Gasteiger partial charge is 0.360 e. The van der Waals surface area contributed by atoms with Crippen LogP contribution in [0.15, 0.2) is 46.3 Å². The van der Waals surface area contributed by atoms with E-state index in [1.165, 1.54) is 19.2 Å². The lowest BCUT2D eigenvalue weighted by molar-refractivity contribution is -0.137. The Hall–Kier alpha value is -2.75. The Kier molecular flexibility index (Phi) is 3.87. The van der Waals surface area contributed by atoms with Crippen molar-refractivity contribution in [2.75, 3.05) is 4.72 Å². The summed E-state index contributed by atoms with van der Waals surface area (Å²) in [5.74, 6) is 0. The van der Waals surface area contributed by atoms with Gasteiger partial charge in [0.25, 0.3) is 15.6 Å². The van der Waals surface area contributed by atoms with Gasteiger partial charge in [-0.3, -0.25) is 9.52 Å². The second-order valence-electron chi connectivity index (χ2n) is 5.42. The fourth-order valence-electron chi connectivity index (χ4n) is 2.36. The van der Waals surface area contributed by atoms with Gasteiger partial charge < -0.3 is 9.97 Å². The van der Waals surface area contributed by atoms with Crippen molar-refractivity contribution in [2.45, 2.75) is 18.0 Å². The number of halogens is 3. The second kappa shape index (κ2) is 5.66. The third-order valence-corrected chi connectivity index (χ3v) is 5.02. The summed E-state index contributed by atoms with van der Waals surface area (Å²) in [5.41, 5.74) is -0.732. The number of rotatable bonds is 3. The summed E-state index contributed by atoms with van der Waals surface area (Å²) in [6, 6.07) is 4.12. The van der Waals surface area contributed by atoms with E-state index in [4.69, 9.17) is 0 Å². The van der Waals surface area contributed by atoms with Gasteiger partial charge in [0.05, 0.1) is 11.3 Å². The molecule has 0 unspecified atom stereocenters. The Morgan fingerprint density at radius 1 is 1.08 bits per heavy atom. The molecule has 0 amide bonds. The summed E-state index contributed by atoms with van der Waals surface area (Å²) < 4.78 is 65.5. The lowest BCUT2D eigenvalue weighted by Gasteiger charge is -2.08. The van der Waals surface area contributed by atoms with Crippen molar-refractivity contribution in [2.24, 2.45) is 0 Å². The summed E-state index contributed by atoms with van der Waals surface area (Å²) in [4.78, 5) is 16.0. The Labute approximate surface area is 139 Å². The van der Waals surface area contributed by atoms with E-state index in [0.29, 0.717) is 5.56 Å². The molecule has 3 aromatic rings. The van der Waals surface area contributed by atoms with Crippen LogP contribution in [0.5, 0.6) is 0 Å². The molecule has 0 saturated carbocycles. The number of H-pyrrole nitrogens is 2. The molecule has 25 heavy (non-hydrogen) atoms. The van der Waals surface area contributed by atoms with E-state index < -0.39 is 21.8 Å². The largest absolute Gasteiger partial charge is 0.416 e. The number of hydrogen-bond donors (Lipinski definition) is 3. The van der Waals surface area contributed by atoms with E-state index in [2.05, 4.69) is 14.7 Å². The molecule has 0 atom stereocenters. The number of alkyl halides is 3. The molecular weight excluding hydrogens is 359 g/mol. The number of hydrogen-bond acceptors (Lipinski definition) is 3. The van der Waals surface area contributed by atoms with Gasteiger partial charge in [-0.1, -0.05) is 6.07 Å². The number of aromatic nitrogens is 2. The predicted octanol–water partition coefficient (Wildman–Crippen LogP) is 2.98. The molecule has 2 heterocycles. The Morgan fingerprint density at radius 3 is 2.44 bits per heavy atom. The molecular formula is C15H12F3N3O3S. The van der Waals surface area contributed by atoms with Crippen LogP contribution >= 0.6 is 0 Å². The minimum absolute atomic E-state index is 0.0489. The number of sulfonamides is 1. The molecule has 3 rings (SSSR count). The van der Waals surface area contributed by atoms with E-state index >= 15 is 0 Å². The molecule has 0 radical (unpaired) electrons. The summed E-state index contributed by atoms with van der Waals surface area (Å²) >= 11 is 0. The van der Waals surface area contributed by atoms with E-state index in [1.54, 1.807) is 0 Å². The molecule has 0 spiro atoms. The van der Waals surface area contributed by atoms with Gasteiger partial charge >= 0.3 is 6.18 Å². The average Bonchev–Trinajstić information content (AvgIpc) is 2.93. The molecule has 0 aliphatic heterocycles. The van der Waals surface area contributed by atoms with Gasteiger partial charge in [0.2, 0.25) is 0 Å². The highest BCUT2D eigenvalue weighted by atomic mass is 32.2. The van der Waals surface area contributed by atoms with Gasteiger partial charge in [-0.2, -0.15) is 13.2 Å². The molecule has 0 saturated heterocycles. The van der Waals surface area contributed by atoms with E-state index in [1.807, 2.05) is 0 Å². The molecule has 0 aliphatic rings. The van der Waals surface area contributed by atoms with Crippen LogP contribution in [-0.4, -0.2) is 18.4 Å². The normalized spacial score (nSPS) is 12.5. The number of aryl methyl sites for hydroxylation is 1. The number of pyridine rings is 1. The van der Waals surface area contributed by atoms with E-state index in [9.17, 15) is 26.4 Å². The molecule has 2 aromatic heterocycles. The first-order valence-corrected chi connectivity index (χ1v) is 8.47. The average molecular weight is 371 g/mol. The summed E-state index contributed by atoms with van der Waals surface area (Å²) in [5, 5.41) is 0.127. The number of benzene rings is 1. The highest BCUT2D eigenvalue weighted by Gasteiger charge is 2.31. The molecule has 3 N–H and O–H groups in total. The van der Waals surface area contributed by atoms with Gasteiger partial charge in [-0.15, -0.1) is 0 Å². The fourth-order valence-corrected chi connectivity index (χ4v) is 3.58. The minimum atomic E-state index is -4.52. The van der Waals surface area contributed by atoms with Gasteiger partial charge in [0.15, 0.2) is 0 Å². The van der Waals surface area contributed by atoms with Crippen molar-refractivity contribution in [1.82, 2.24) is 9.97 Å². The van der Waals surface area contributed by atoms with Gasteiger partial charge in [-0.25, -0.2) is 8.42 Å². The molecule has 10 heteroatoms. The topological polar surface area (TPSA) is 94.8 Å². The molecule has 0 bridgehead atoms. The summed E-state index contributed by atoms with van der Waals surface area (Å²) in [6.45, 7) is 1.51. The molecule has 0 aliphatic carbocycles. The zero-order chi connectivity index (χ0) is 18.4. The van der Waals surface area contributed by atoms with Crippen molar-refractivity contribution in [3.05, 3.63) is 58.1 Å². The van der Waals surface area contributed by atoms with Crippen LogP contribution in [0.25, 0.3) is 10.9 Å². The van der Waals surface area contributed by atoms with Crippen LogP contribution in [0.3, 0.4) is 0 Å². The third-order valence-electron chi connectivity index (χ3n) is 3.60. The number of anilines is 1. The zero-order valence-corrected chi connectivity index (χ0v) is 13.5. The maximum absolute atomic E-state index is 12.7. The minimum Gasteiger partial charge on any atom is -0.360 e. The lowest BCUT2D eigenvalue weighted by Crippen LogP contribution is -2.15. The van der Waals surface area contributed by atoms with Crippen molar-refractivity contribution in [3.8, 4) is 0 Å². The van der Waals surface area contributed by atoms with Crippen LogP contribution in [-0.2, 0) is 16.2 Å². The van der Waals surface area contributed by atoms with Crippen LogP contribution in [0.2, 0.25) is 0 Å². The van der Waals surface area contributed by atoms with Crippen LogP contribution in [0.1, 0.15) is 11.1 Å². The second-order valence-corrected chi connectivity index (χ2v) is 7.07. The first kappa shape index (κ1) is 17.1. The van der Waals surface area contributed by atoms with Crippen LogP contribution < -0.4 is 10.3 Å². The van der Waals surface area contributed by atoms with E-state index in [-0.39, 0.29) is 27.0 Å². The molecule has 1 aromatic carbocycles. The van der Waals surface area contributed by atoms with Crippen molar-refractivity contribution in [1.29, 1.82) is 0 Å². The van der Waals surface area contributed by atoms with Crippen molar-refractivity contribution >= 4 is 26.6 Å². The quantitative estimate of drug-likeness (QED) is 0.661. The standard InChI is InChI=1S/C15H12F3N3O3S/c1-8-4-10(6-20-14(8)22)21-25(23,24)13-7-19-12-5-9(15(16,17)18)2-3-11(12)13/h2-7,19,21H,1H3,(H,20,22). The summed E-state index contributed by atoms with van der Waals surface area (Å²) in [6.07, 6.45) is -2.21. The Morgan fingerprint density at radius 2 is 1.80 bits per heavy atom. The zero-order valence-electron chi connectivity index (χ0n) is 12.7. The van der Waals surface area contributed by atoms with Crippen molar-refractivity contribution < 1.29 is 21.6 Å². The first-order chi connectivity index (χ1) is 11.6.